The van der Waals surface area contributed by atoms with Gasteiger partial charge in [-0.3, -0.25) is 5.32 Å². The van der Waals surface area contributed by atoms with Crippen molar-refractivity contribution in [2.24, 2.45) is 0 Å². The first kappa shape index (κ1) is 14.6. The van der Waals surface area contributed by atoms with E-state index in [2.05, 4.69) is 10.4 Å². The van der Waals surface area contributed by atoms with Gasteiger partial charge in [-0.25, -0.2) is 9.48 Å². The highest BCUT2D eigenvalue weighted by molar-refractivity contribution is 5.89. The minimum Gasteiger partial charge on any atom is -0.395 e. The van der Waals surface area contributed by atoms with Crippen LogP contribution < -0.4 is 5.32 Å². The predicted molar refractivity (Wildman–Crippen MR) is 84.1 cm³/mol. The summed E-state index contributed by atoms with van der Waals surface area (Å²) in [6, 6.07) is 9.71. The molecule has 1 saturated carbocycles. The molecule has 2 amide bonds. The minimum atomic E-state index is -0.188. The van der Waals surface area contributed by atoms with E-state index in [1.807, 2.05) is 31.2 Å². The van der Waals surface area contributed by atoms with Crippen molar-refractivity contribution in [3.63, 3.8) is 0 Å². The molecule has 1 aromatic heterocycles. The summed E-state index contributed by atoms with van der Waals surface area (Å²) < 4.78 is 1.72. The Bertz CT molecular complexity index is 664. The number of urea groups is 1. The molecule has 0 saturated heterocycles. The number of benzene rings is 1. The van der Waals surface area contributed by atoms with Crippen molar-refractivity contribution in [1.82, 2.24) is 14.7 Å². The van der Waals surface area contributed by atoms with Gasteiger partial charge in [-0.05, 0) is 31.4 Å². The van der Waals surface area contributed by atoms with E-state index < -0.39 is 0 Å². The molecule has 22 heavy (non-hydrogen) atoms. The van der Waals surface area contributed by atoms with Crippen LogP contribution in [0.3, 0.4) is 0 Å². The third-order valence-corrected chi connectivity index (χ3v) is 3.81. The molecular formula is C16H20N4O2. The number of aliphatic hydroxyl groups is 1. The number of carbonyl (C=O) groups is 1. The largest absolute Gasteiger partial charge is 0.395 e. The lowest BCUT2D eigenvalue weighted by Gasteiger charge is -2.22. The van der Waals surface area contributed by atoms with Crippen LogP contribution in [-0.4, -0.2) is 45.0 Å². The highest BCUT2D eigenvalue weighted by Gasteiger charge is 2.32. The number of para-hydroxylation sites is 1. The summed E-state index contributed by atoms with van der Waals surface area (Å²) in [4.78, 5) is 14.1. The van der Waals surface area contributed by atoms with Crippen LogP contribution in [0.4, 0.5) is 10.6 Å². The number of rotatable bonds is 5. The van der Waals surface area contributed by atoms with Crippen molar-refractivity contribution >= 4 is 11.8 Å². The topological polar surface area (TPSA) is 70.4 Å². The maximum atomic E-state index is 12.4. The number of nitrogens with one attached hydrogen (secondary N) is 1. The van der Waals surface area contributed by atoms with Gasteiger partial charge in [-0.2, -0.15) is 5.10 Å². The number of aryl methyl sites for hydroxylation is 1. The Balaban J connectivity index is 1.80. The van der Waals surface area contributed by atoms with Crippen LogP contribution in [0.5, 0.6) is 0 Å². The molecule has 0 spiro atoms. The van der Waals surface area contributed by atoms with Gasteiger partial charge in [0.05, 0.1) is 18.5 Å². The third-order valence-electron chi connectivity index (χ3n) is 3.81. The van der Waals surface area contributed by atoms with Gasteiger partial charge in [0.15, 0.2) is 0 Å². The fraction of sp³-hybridized carbons (Fsp3) is 0.375. The first-order valence-corrected chi connectivity index (χ1v) is 7.49. The number of carbonyl (C=O) groups excluding carboxylic acids is 1. The van der Waals surface area contributed by atoms with Crippen LogP contribution in [0.15, 0.2) is 36.5 Å². The quantitative estimate of drug-likeness (QED) is 0.889. The Hall–Kier alpha value is -2.34. The van der Waals surface area contributed by atoms with Crippen molar-refractivity contribution in [3.8, 4) is 5.69 Å². The summed E-state index contributed by atoms with van der Waals surface area (Å²) >= 11 is 0. The van der Waals surface area contributed by atoms with Gasteiger partial charge < -0.3 is 10.0 Å². The van der Waals surface area contributed by atoms with Crippen LogP contribution in [0.2, 0.25) is 0 Å². The lowest BCUT2D eigenvalue weighted by molar-refractivity contribution is 0.185. The van der Waals surface area contributed by atoms with Gasteiger partial charge in [0.2, 0.25) is 0 Å². The Morgan fingerprint density at radius 3 is 2.86 bits per heavy atom. The molecule has 6 nitrogen and oxygen atoms in total. The smallest absolute Gasteiger partial charge is 0.323 e. The molecule has 1 fully saturated rings. The van der Waals surface area contributed by atoms with Crippen LogP contribution in [0.25, 0.3) is 5.69 Å². The molecule has 0 aliphatic heterocycles. The Morgan fingerprint density at radius 2 is 2.18 bits per heavy atom. The number of hydrogen-bond donors (Lipinski definition) is 2. The van der Waals surface area contributed by atoms with Gasteiger partial charge in [-0.1, -0.05) is 18.2 Å². The molecule has 1 heterocycles. The summed E-state index contributed by atoms with van der Waals surface area (Å²) in [6.45, 7) is 2.33. The maximum Gasteiger partial charge on any atom is 0.323 e. The van der Waals surface area contributed by atoms with Crippen molar-refractivity contribution in [1.29, 1.82) is 0 Å². The van der Waals surface area contributed by atoms with E-state index in [4.69, 9.17) is 5.11 Å². The fourth-order valence-electron chi connectivity index (χ4n) is 2.52. The van der Waals surface area contributed by atoms with E-state index >= 15 is 0 Å². The Labute approximate surface area is 129 Å². The molecule has 2 aromatic rings. The van der Waals surface area contributed by atoms with Crippen molar-refractivity contribution in [2.75, 3.05) is 18.5 Å². The van der Waals surface area contributed by atoms with E-state index in [9.17, 15) is 4.79 Å². The van der Waals surface area contributed by atoms with Crippen LogP contribution in [0, 0.1) is 6.92 Å². The Kier molecular flexibility index (Phi) is 4.11. The fourth-order valence-corrected chi connectivity index (χ4v) is 2.52. The molecule has 1 aliphatic rings. The zero-order valence-corrected chi connectivity index (χ0v) is 12.6. The zero-order chi connectivity index (χ0) is 15.5. The molecule has 6 heteroatoms. The molecule has 0 radical (unpaired) electrons. The number of aromatic nitrogens is 2. The second kappa shape index (κ2) is 6.19. The monoisotopic (exact) mass is 300 g/mol. The number of hydrogen-bond acceptors (Lipinski definition) is 3. The normalized spacial score (nSPS) is 13.9. The van der Waals surface area contributed by atoms with Crippen LogP contribution >= 0.6 is 0 Å². The highest BCUT2D eigenvalue weighted by atomic mass is 16.3. The zero-order valence-electron chi connectivity index (χ0n) is 12.6. The second-order valence-electron chi connectivity index (χ2n) is 5.49. The van der Waals surface area contributed by atoms with Crippen molar-refractivity contribution in [2.45, 2.75) is 25.8 Å². The van der Waals surface area contributed by atoms with Gasteiger partial charge in [0, 0.05) is 18.7 Å². The first-order chi connectivity index (χ1) is 10.7. The Morgan fingerprint density at radius 1 is 1.41 bits per heavy atom. The van der Waals surface area contributed by atoms with Crippen molar-refractivity contribution in [3.05, 3.63) is 42.1 Å². The second-order valence-corrected chi connectivity index (χ2v) is 5.49. The van der Waals surface area contributed by atoms with Crippen LogP contribution in [-0.2, 0) is 0 Å². The average Bonchev–Trinajstić information content (AvgIpc) is 3.25. The number of anilines is 1. The average molecular weight is 300 g/mol. The molecule has 0 atom stereocenters. The summed E-state index contributed by atoms with van der Waals surface area (Å²) in [5.74, 6) is 0.628. The summed E-state index contributed by atoms with van der Waals surface area (Å²) in [5.41, 5.74) is 2.01. The predicted octanol–water partition coefficient (Wildman–Crippen LogP) is 2.17. The summed E-state index contributed by atoms with van der Waals surface area (Å²) in [5, 5.41) is 16.3. The lowest BCUT2D eigenvalue weighted by atomic mass is 10.2. The molecule has 0 bridgehead atoms. The van der Waals surface area contributed by atoms with Gasteiger partial charge in [0.1, 0.15) is 5.82 Å². The molecule has 1 aromatic carbocycles. The molecular weight excluding hydrogens is 280 g/mol. The van der Waals surface area contributed by atoms with E-state index in [1.54, 1.807) is 21.8 Å². The summed E-state index contributed by atoms with van der Waals surface area (Å²) in [7, 11) is 0. The van der Waals surface area contributed by atoms with Gasteiger partial charge in [-0.15, -0.1) is 0 Å². The SMILES string of the molecule is Cc1ccccc1-n1nccc1NC(=O)N(CCO)C1CC1. The lowest BCUT2D eigenvalue weighted by Crippen LogP contribution is -2.39. The van der Waals surface area contributed by atoms with Crippen molar-refractivity contribution < 1.29 is 9.90 Å². The van der Waals surface area contributed by atoms with E-state index in [0.717, 1.165) is 24.1 Å². The van der Waals surface area contributed by atoms with Gasteiger partial charge >= 0.3 is 6.03 Å². The van der Waals surface area contributed by atoms with Crippen LogP contribution in [0.1, 0.15) is 18.4 Å². The van der Waals surface area contributed by atoms with E-state index in [-0.39, 0.29) is 18.7 Å². The number of amides is 2. The van der Waals surface area contributed by atoms with E-state index in [0.29, 0.717) is 12.4 Å². The minimum absolute atomic E-state index is 0.0268. The highest BCUT2D eigenvalue weighted by Crippen LogP contribution is 2.27. The molecule has 116 valence electrons. The maximum absolute atomic E-state index is 12.4. The number of nitrogens with zero attached hydrogens (tertiary/aromatic N) is 3. The van der Waals surface area contributed by atoms with E-state index in [1.165, 1.54) is 0 Å². The van der Waals surface area contributed by atoms with Gasteiger partial charge in [0.25, 0.3) is 0 Å². The standard InChI is InChI=1S/C16H20N4O2/c1-12-4-2-3-5-14(12)20-15(8-9-17-20)18-16(22)19(10-11-21)13-6-7-13/h2-5,8-9,13,21H,6-7,10-11H2,1H3,(H,18,22). The molecule has 3 rings (SSSR count). The first-order valence-electron chi connectivity index (χ1n) is 7.49. The molecule has 2 N–H and O–H groups in total. The molecule has 1 aliphatic carbocycles. The third kappa shape index (κ3) is 2.96. The summed E-state index contributed by atoms with van der Waals surface area (Å²) in [6.07, 6.45) is 3.67. The number of aliphatic hydroxyl groups excluding tert-OH is 1. The molecule has 0 unspecified atom stereocenters.